The monoisotopic (exact) mass is 271 g/mol. The molecule has 2 heterocycles. The molecule has 0 bridgehead atoms. The normalized spacial score (nSPS) is 22.7. The molecular formula is C12H14FNO5. The van der Waals surface area contributed by atoms with Crippen LogP contribution in [0.4, 0.5) is 4.39 Å². The summed E-state index contributed by atoms with van der Waals surface area (Å²) >= 11 is 0. The van der Waals surface area contributed by atoms with Gasteiger partial charge < -0.3 is 19.2 Å². The Hall–Kier alpha value is -1.89. The number of halogens is 1. The number of carbonyl (C=O) groups excluding carboxylic acids is 1. The molecule has 1 aliphatic rings. The summed E-state index contributed by atoms with van der Waals surface area (Å²) in [5, 5.41) is 8.76. The van der Waals surface area contributed by atoms with E-state index in [1.165, 1.54) is 13.2 Å². The molecule has 1 unspecified atom stereocenters. The molecule has 0 radical (unpaired) electrons. The van der Waals surface area contributed by atoms with Gasteiger partial charge >= 0.3 is 5.97 Å². The summed E-state index contributed by atoms with van der Waals surface area (Å²) in [7, 11) is 1.49. The third-order valence-corrected chi connectivity index (χ3v) is 3.05. The Labute approximate surface area is 108 Å². The van der Waals surface area contributed by atoms with E-state index in [2.05, 4.69) is 0 Å². The van der Waals surface area contributed by atoms with Crippen LogP contribution in [0.1, 0.15) is 22.7 Å². The molecule has 1 aromatic heterocycles. The highest BCUT2D eigenvalue weighted by atomic mass is 19.1. The van der Waals surface area contributed by atoms with Gasteiger partial charge in [-0.2, -0.15) is 0 Å². The summed E-state index contributed by atoms with van der Waals surface area (Å²) in [4.78, 5) is 23.9. The molecule has 1 amide bonds. The summed E-state index contributed by atoms with van der Waals surface area (Å²) in [6.07, 6.45) is -0.209. The number of aliphatic carboxylic acids is 1. The van der Waals surface area contributed by atoms with E-state index >= 15 is 0 Å². The summed E-state index contributed by atoms with van der Waals surface area (Å²) in [5.74, 6) is -1.51. The van der Waals surface area contributed by atoms with E-state index in [1.807, 2.05) is 0 Å². The molecule has 1 saturated heterocycles. The predicted molar refractivity (Wildman–Crippen MR) is 61.4 cm³/mol. The van der Waals surface area contributed by atoms with E-state index in [4.69, 9.17) is 14.3 Å². The van der Waals surface area contributed by atoms with Crippen LogP contribution in [0.5, 0.6) is 0 Å². The van der Waals surface area contributed by atoms with E-state index in [1.54, 1.807) is 6.07 Å². The van der Waals surface area contributed by atoms with Crippen molar-refractivity contribution in [2.75, 3.05) is 20.2 Å². The number of rotatable bonds is 4. The maximum absolute atomic E-state index is 13.8. The van der Waals surface area contributed by atoms with Crippen LogP contribution in [0.15, 0.2) is 16.5 Å². The molecule has 0 aliphatic carbocycles. The number of hydrogen-bond donors (Lipinski definition) is 1. The number of nitrogens with zero attached hydrogens (tertiary/aromatic N) is 1. The van der Waals surface area contributed by atoms with E-state index in [9.17, 15) is 14.0 Å². The lowest BCUT2D eigenvalue weighted by Gasteiger charge is -2.16. The van der Waals surface area contributed by atoms with Crippen molar-refractivity contribution in [1.29, 1.82) is 0 Å². The average molecular weight is 271 g/mol. The smallest absolute Gasteiger partial charge is 0.343 e. The highest BCUT2D eigenvalue weighted by Gasteiger charge is 2.47. The van der Waals surface area contributed by atoms with Crippen molar-refractivity contribution in [2.45, 2.75) is 18.7 Å². The van der Waals surface area contributed by atoms with Gasteiger partial charge in [-0.15, -0.1) is 0 Å². The molecule has 0 aromatic carbocycles. The first kappa shape index (κ1) is 13.5. The van der Waals surface area contributed by atoms with Crippen LogP contribution in [0.25, 0.3) is 0 Å². The number of ether oxygens (including phenoxy) is 1. The quantitative estimate of drug-likeness (QED) is 0.885. The Morgan fingerprint density at radius 1 is 1.58 bits per heavy atom. The van der Waals surface area contributed by atoms with Crippen molar-refractivity contribution in [2.24, 2.45) is 0 Å². The minimum absolute atomic E-state index is 0.0571. The fraction of sp³-hybridized carbons (Fsp3) is 0.500. The van der Waals surface area contributed by atoms with Gasteiger partial charge in [0, 0.05) is 20.1 Å². The van der Waals surface area contributed by atoms with Gasteiger partial charge in [0.1, 0.15) is 12.4 Å². The number of carboxylic acids is 1. The van der Waals surface area contributed by atoms with Crippen LogP contribution in [0.3, 0.4) is 0 Å². The molecule has 0 saturated carbocycles. The number of likely N-dealkylation sites (tertiary alicyclic amines) is 1. The number of carbonyl (C=O) groups is 2. The van der Waals surface area contributed by atoms with Crippen molar-refractivity contribution in [1.82, 2.24) is 4.90 Å². The van der Waals surface area contributed by atoms with Gasteiger partial charge in [-0.3, -0.25) is 4.79 Å². The molecule has 1 atom stereocenters. The molecule has 1 fully saturated rings. The lowest BCUT2D eigenvalue weighted by molar-refractivity contribution is -0.149. The number of hydrogen-bond acceptors (Lipinski definition) is 4. The summed E-state index contributed by atoms with van der Waals surface area (Å²) in [6, 6.07) is 3.06. The Bertz CT molecular complexity index is 500. The molecule has 2 rings (SSSR count). The molecule has 1 N–H and O–H groups in total. The van der Waals surface area contributed by atoms with Crippen molar-refractivity contribution < 1.29 is 28.2 Å². The minimum Gasteiger partial charge on any atom is -0.479 e. The lowest BCUT2D eigenvalue weighted by Crippen LogP contribution is -2.38. The molecule has 19 heavy (non-hydrogen) atoms. The number of amides is 1. The van der Waals surface area contributed by atoms with E-state index in [-0.39, 0.29) is 25.3 Å². The fourth-order valence-electron chi connectivity index (χ4n) is 1.99. The molecule has 104 valence electrons. The predicted octanol–water partition coefficient (Wildman–Crippen LogP) is 1.06. The topological polar surface area (TPSA) is 80.0 Å². The zero-order chi connectivity index (χ0) is 14.0. The highest BCUT2D eigenvalue weighted by Crippen LogP contribution is 2.27. The third-order valence-electron chi connectivity index (χ3n) is 3.05. The first-order valence-corrected chi connectivity index (χ1v) is 5.75. The van der Waals surface area contributed by atoms with E-state index < -0.39 is 24.1 Å². The summed E-state index contributed by atoms with van der Waals surface area (Å²) in [6.45, 7) is -0.168. The fourth-order valence-corrected chi connectivity index (χ4v) is 1.99. The first-order chi connectivity index (χ1) is 8.96. The van der Waals surface area contributed by atoms with Crippen LogP contribution in [0.2, 0.25) is 0 Å². The summed E-state index contributed by atoms with van der Waals surface area (Å²) < 4.78 is 23.9. The van der Waals surface area contributed by atoms with Crippen LogP contribution in [0, 0.1) is 0 Å². The second kappa shape index (κ2) is 5.00. The molecule has 1 aromatic rings. The van der Waals surface area contributed by atoms with Crippen LogP contribution in [-0.2, 0) is 16.1 Å². The van der Waals surface area contributed by atoms with Crippen molar-refractivity contribution in [3.8, 4) is 0 Å². The van der Waals surface area contributed by atoms with Gasteiger partial charge in [-0.05, 0) is 12.1 Å². The largest absolute Gasteiger partial charge is 0.479 e. The number of methoxy groups -OCH3 is 1. The van der Waals surface area contributed by atoms with Gasteiger partial charge in [0.05, 0.1) is 6.54 Å². The first-order valence-electron chi connectivity index (χ1n) is 5.75. The Kier molecular flexibility index (Phi) is 3.57. The summed E-state index contributed by atoms with van der Waals surface area (Å²) in [5.41, 5.74) is -2.36. The van der Waals surface area contributed by atoms with Crippen molar-refractivity contribution >= 4 is 11.9 Å². The molecule has 1 aliphatic heterocycles. The molecule has 6 nitrogen and oxygen atoms in total. The second-order valence-electron chi connectivity index (χ2n) is 4.45. The van der Waals surface area contributed by atoms with Crippen LogP contribution in [-0.4, -0.2) is 47.8 Å². The number of carboxylic acid groups (broad SMARTS) is 1. The van der Waals surface area contributed by atoms with Gasteiger partial charge in [-0.25, -0.2) is 9.18 Å². The second-order valence-corrected chi connectivity index (χ2v) is 4.45. The molecule has 0 spiro atoms. The standard InChI is InChI=1S/C12H14FNO5/c1-18-6-8-2-3-9(19-8)10(15)14-5-4-12(13,7-14)11(16)17/h2-3H,4-7H2,1H3,(H,16,17). The Balaban J connectivity index is 2.06. The van der Waals surface area contributed by atoms with Crippen molar-refractivity contribution in [3.63, 3.8) is 0 Å². The minimum atomic E-state index is -2.36. The van der Waals surface area contributed by atoms with E-state index in [0.717, 1.165) is 4.90 Å². The Morgan fingerprint density at radius 3 is 2.89 bits per heavy atom. The van der Waals surface area contributed by atoms with Gasteiger partial charge in [0.15, 0.2) is 5.76 Å². The maximum atomic E-state index is 13.8. The van der Waals surface area contributed by atoms with Gasteiger partial charge in [0.2, 0.25) is 5.67 Å². The third kappa shape index (κ3) is 2.60. The average Bonchev–Trinajstić information content (AvgIpc) is 2.97. The molecule has 7 heteroatoms. The van der Waals surface area contributed by atoms with Gasteiger partial charge in [-0.1, -0.05) is 0 Å². The zero-order valence-electron chi connectivity index (χ0n) is 10.4. The zero-order valence-corrected chi connectivity index (χ0v) is 10.4. The molecular weight excluding hydrogens is 257 g/mol. The van der Waals surface area contributed by atoms with Crippen LogP contribution < -0.4 is 0 Å². The number of alkyl halides is 1. The maximum Gasteiger partial charge on any atom is 0.343 e. The van der Waals surface area contributed by atoms with E-state index in [0.29, 0.717) is 5.76 Å². The lowest BCUT2D eigenvalue weighted by atomic mass is 10.1. The van der Waals surface area contributed by atoms with Crippen LogP contribution >= 0.6 is 0 Å². The Morgan fingerprint density at radius 2 is 2.32 bits per heavy atom. The highest BCUT2D eigenvalue weighted by molar-refractivity contribution is 5.92. The SMILES string of the molecule is COCc1ccc(C(=O)N2CCC(F)(C(=O)O)C2)o1. The van der Waals surface area contributed by atoms with Crippen molar-refractivity contribution in [3.05, 3.63) is 23.7 Å². The van der Waals surface area contributed by atoms with Gasteiger partial charge in [0.25, 0.3) is 5.91 Å². The number of furan rings is 1.